The van der Waals surface area contributed by atoms with Crippen LogP contribution >= 0.6 is 0 Å². The molecule has 4 rings (SSSR count). The van der Waals surface area contributed by atoms with E-state index in [2.05, 4.69) is 20.3 Å². The van der Waals surface area contributed by atoms with Crippen LogP contribution in [0, 0.1) is 17.2 Å². The standard InChI is InChI=1S/C21H20N6O.C2HF3O2/c22-6-2-8-24-21(28)19-9-17(14-27(19)13-15-4-5-15)18-11-25-20(26-12-18)16-3-1-7-23-10-16;3-2(4,5)1(6)7/h1,3,7,9-12,14-15H,2,4-5,8,13H2,(H,24,28);(H,6,7). The van der Waals surface area contributed by atoms with Gasteiger partial charge in [-0.25, -0.2) is 14.8 Å². The summed E-state index contributed by atoms with van der Waals surface area (Å²) >= 11 is 0. The van der Waals surface area contributed by atoms with Gasteiger partial charge in [0.2, 0.25) is 0 Å². The molecule has 0 saturated heterocycles. The van der Waals surface area contributed by atoms with Gasteiger partial charge in [0.25, 0.3) is 5.91 Å². The number of carboxylic acid groups (broad SMARTS) is 1. The van der Waals surface area contributed by atoms with Gasteiger partial charge in [0.15, 0.2) is 5.82 Å². The highest BCUT2D eigenvalue weighted by Gasteiger charge is 2.38. The summed E-state index contributed by atoms with van der Waals surface area (Å²) in [5.41, 5.74) is 3.23. The normalized spacial score (nSPS) is 12.7. The molecule has 0 aromatic carbocycles. The Morgan fingerprint density at radius 1 is 1.17 bits per heavy atom. The number of halogens is 3. The van der Waals surface area contributed by atoms with Gasteiger partial charge < -0.3 is 15.0 Å². The number of carbonyl (C=O) groups is 2. The minimum atomic E-state index is -5.08. The number of nitrogens with one attached hydrogen (secondary N) is 1. The predicted octanol–water partition coefficient (Wildman–Crippen LogP) is 3.69. The van der Waals surface area contributed by atoms with Crippen LogP contribution in [0.5, 0.6) is 0 Å². The van der Waals surface area contributed by atoms with E-state index in [-0.39, 0.29) is 5.91 Å². The summed E-state index contributed by atoms with van der Waals surface area (Å²) in [6.45, 7) is 1.18. The molecule has 0 unspecified atom stereocenters. The number of hydrogen-bond acceptors (Lipinski definition) is 6. The van der Waals surface area contributed by atoms with Crippen LogP contribution in [-0.4, -0.2) is 49.2 Å². The summed E-state index contributed by atoms with van der Waals surface area (Å²) in [7, 11) is 0. The van der Waals surface area contributed by atoms with Crippen LogP contribution in [-0.2, 0) is 11.3 Å². The van der Waals surface area contributed by atoms with Gasteiger partial charge in [0.05, 0.1) is 12.5 Å². The van der Waals surface area contributed by atoms with E-state index in [1.165, 1.54) is 12.8 Å². The molecule has 3 heterocycles. The molecule has 0 spiro atoms. The molecule has 2 N–H and O–H groups in total. The maximum Gasteiger partial charge on any atom is 0.490 e. The first kappa shape index (κ1) is 25.4. The highest BCUT2D eigenvalue weighted by atomic mass is 19.4. The van der Waals surface area contributed by atoms with Crippen molar-refractivity contribution in [3.05, 3.63) is 54.9 Å². The van der Waals surface area contributed by atoms with Gasteiger partial charge in [0.1, 0.15) is 5.69 Å². The highest BCUT2D eigenvalue weighted by molar-refractivity contribution is 5.94. The van der Waals surface area contributed by atoms with Crippen molar-refractivity contribution in [2.45, 2.75) is 32.0 Å². The van der Waals surface area contributed by atoms with E-state index >= 15 is 0 Å². The quantitative estimate of drug-likeness (QED) is 0.487. The van der Waals surface area contributed by atoms with Crippen LogP contribution in [0.15, 0.2) is 49.2 Å². The molecule has 1 aliphatic carbocycles. The van der Waals surface area contributed by atoms with E-state index in [1.54, 1.807) is 24.8 Å². The molecule has 1 amide bonds. The molecular weight excluding hydrogens is 465 g/mol. The number of hydrogen-bond donors (Lipinski definition) is 2. The van der Waals surface area contributed by atoms with E-state index < -0.39 is 12.1 Å². The zero-order valence-corrected chi connectivity index (χ0v) is 18.4. The average Bonchev–Trinajstić information content (AvgIpc) is 3.56. The van der Waals surface area contributed by atoms with Crippen molar-refractivity contribution in [3.8, 4) is 28.6 Å². The van der Waals surface area contributed by atoms with Crippen molar-refractivity contribution in [1.29, 1.82) is 5.26 Å². The average molecular weight is 486 g/mol. The molecule has 3 aromatic rings. The Morgan fingerprint density at radius 2 is 1.86 bits per heavy atom. The third kappa shape index (κ3) is 7.36. The van der Waals surface area contributed by atoms with E-state index in [9.17, 15) is 18.0 Å². The molecule has 3 aromatic heterocycles. The van der Waals surface area contributed by atoms with E-state index in [0.29, 0.717) is 30.4 Å². The summed E-state index contributed by atoms with van der Waals surface area (Å²) in [5, 5.41) is 18.6. The molecule has 35 heavy (non-hydrogen) atoms. The second kappa shape index (κ2) is 11.2. The van der Waals surface area contributed by atoms with Crippen molar-refractivity contribution in [1.82, 2.24) is 24.8 Å². The van der Waals surface area contributed by atoms with Gasteiger partial charge in [-0.05, 0) is 37.0 Å². The molecule has 0 bridgehead atoms. The molecule has 9 nitrogen and oxygen atoms in total. The maximum atomic E-state index is 12.5. The van der Waals surface area contributed by atoms with Gasteiger partial charge in [0, 0.05) is 60.8 Å². The third-order valence-corrected chi connectivity index (χ3v) is 4.95. The number of nitrogens with zero attached hydrogens (tertiary/aromatic N) is 5. The number of nitriles is 1. The van der Waals surface area contributed by atoms with Crippen LogP contribution < -0.4 is 5.32 Å². The van der Waals surface area contributed by atoms with Gasteiger partial charge in [-0.1, -0.05) is 0 Å². The largest absolute Gasteiger partial charge is 0.490 e. The maximum absolute atomic E-state index is 12.5. The zero-order valence-electron chi connectivity index (χ0n) is 18.4. The van der Waals surface area contributed by atoms with E-state index in [4.69, 9.17) is 15.2 Å². The number of carbonyl (C=O) groups excluding carboxylic acids is 1. The second-order valence-electron chi connectivity index (χ2n) is 7.71. The second-order valence-corrected chi connectivity index (χ2v) is 7.71. The SMILES string of the molecule is N#CCCNC(=O)c1cc(-c2cnc(-c3cccnc3)nc2)cn1CC1CC1.O=C(O)C(F)(F)F. The van der Waals surface area contributed by atoms with Crippen molar-refractivity contribution >= 4 is 11.9 Å². The Hall–Kier alpha value is -4.27. The lowest BCUT2D eigenvalue weighted by atomic mass is 10.1. The minimum Gasteiger partial charge on any atom is -0.475 e. The molecule has 0 radical (unpaired) electrons. The first-order chi connectivity index (χ1) is 16.7. The number of amides is 1. The van der Waals surface area contributed by atoms with Crippen molar-refractivity contribution in [2.24, 2.45) is 5.92 Å². The highest BCUT2D eigenvalue weighted by Crippen LogP contribution is 2.32. The molecule has 12 heteroatoms. The molecule has 0 aliphatic heterocycles. The van der Waals surface area contributed by atoms with Crippen LogP contribution in [0.3, 0.4) is 0 Å². The number of alkyl halides is 3. The summed E-state index contributed by atoms with van der Waals surface area (Å²) in [4.78, 5) is 34.4. The summed E-state index contributed by atoms with van der Waals surface area (Å²) < 4.78 is 33.7. The Bertz CT molecular complexity index is 1200. The fourth-order valence-corrected chi connectivity index (χ4v) is 3.03. The lowest BCUT2D eigenvalue weighted by molar-refractivity contribution is -0.192. The van der Waals surface area contributed by atoms with Crippen LogP contribution in [0.25, 0.3) is 22.5 Å². The lowest BCUT2D eigenvalue weighted by Crippen LogP contribution is -2.26. The smallest absolute Gasteiger partial charge is 0.475 e. The topological polar surface area (TPSA) is 134 Å². The Morgan fingerprint density at radius 3 is 2.40 bits per heavy atom. The number of carboxylic acids is 1. The monoisotopic (exact) mass is 486 g/mol. The fraction of sp³-hybridized carbons (Fsp3) is 0.304. The number of aromatic nitrogens is 4. The van der Waals surface area contributed by atoms with Crippen molar-refractivity contribution < 1.29 is 27.9 Å². The van der Waals surface area contributed by atoms with Gasteiger partial charge in [-0.2, -0.15) is 18.4 Å². The molecule has 0 atom stereocenters. The van der Waals surface area contributed by atoms with Crippen LogP contribution in [0.4, 0.5) is 13.2 Å². The third-order valence-electron chi connectivity index (χ3n) is 4.95. The molecule has 1 saturated carbocycles. The van der Waals surface area contributed by atoms with Gasteiger partial charge in [-0.15, -0.1) is 0 Å². The van der Waals surface area contributed by atoms with Gasteiger partial charge >= 0.3 is 12.1 Å². The van der Waals surface area contributed by atoms with E-state index in [1.807, 2.05) is 35.0 Å². The molecule has 182 valence electrons. The summed E-state index contributed by atoms with van der Waals surface area (Å²) in [6.07, 6.45) is 6.57. The van der Waals surface area contributed by atoms with Crippen LogP contribution in [0.2, 0.25) is 0 Å². The lowest BCUT2D eigenvalue weighted by Gasteiger charge is -2.08. The molecule has 1 aliphatic rings. The van der Waals surface area contributed by atoms with Crippen molar-refractivity contribution in [2.75, 3.05) is 6.54 Å². The fourth-order valence-electron chi connectivity index (χ4n) is 3.03. The van der Waals surface area contributed by atoms with Crippen molar-refractivity contribution in [3.63, 3.8) is 0 Å². The number of rotatable bonds is 7. The Balaban J connectivity index is 0.000000429. The Kier molecular flexibility index (Phi) is 8.14. The summed E-state index contributed by atoms with van der Waals surface area (Å²) in [5.74, 6) is -1.67. The first-order valence-electron chi connectivity index (χ1n) is 10.6. The van der Waals surface area contributed by atoms with Crippen LogP contribution in [0.1, 0.15) is 29.8 Å². The van der Waals surface area contributed by atoms with E-state index in [0.717, 1.165) is 23.2 Å². The summed E-state index contributed by atoms with van der Waals surface area (Å²) in [6, 6.07) is 7.67. The minimum absolute atomic E-state index is 0.157. The molecular formula is C23H21F3N6O3. The zero-order chi connectivity index (χ0) is 25.4. The number of aliphatic carboxylic acids is 1. The predicted molar refractivity (Wildman–Crippen MR) is 118 cm³/mol. The number of pyridine rings is 1. The van der Waals surface area contributed by atoms with Gasteiger partial charge in [-0.3, -0.25) is 9.78 Å². The Labute approximate surface area is 198 Å². The molecule has 1 fully saturated rings. The first-order valence-corrected chi connectivity index (χ1v) is 10.6.